The molecule has 1 aromatic rings. The third kappa shape index (κ3) is 2.77. The summed E-state index contributed by atoms with van der Waals surface area (Å²) in [5.41, 5.74) is 0.537. The van der Waals surface area contributed by atoms with Gasteiger partial charge in [-0.25, -0.2) is 4.39 Å². The van der Waals surface area contributed by atoms with E-state index in [2.05, 4.69) is 5.32 Å². The van der Waals surface area contributed by atoms with Crippen LogP contribution in [0.5, 0.6) is 5.75 Å². The maximum atomic E-state index is 13.4. The van der Waals surface area contributed by atoms with Gasteiger partial charge in [0.05, 0.1) is 13.5 Å². The Kier molecular flexibility index (Phi) is 4.00. The monoisotopic (exact) mass is 306 g/mol. The third-order valence-electron chi connectivity index (χ3n) is 4.45. The molecule has 2 bridgehead atoms. The molecule has 2 aliphatic rings. The summed E-state index contributed by atoms with van der Waals surface area (Å²) < 4.78 is 18.6. The van der Waals surface area contributed by atoms with Crippen LogP contribution in [0, 0.1) is 5.82 Å². The summed E-state index contributed by atoms with van der Waals surface area (Å²) in [7, 11) is 1.50. The summed E-state index contributed by atoms with van der Waals surface area (Å²) >= 11 is 0. The van der Waals surface area contributed by atoms with Crippen LogP contribution in [0.3, 0.4) is 0 Å². The van der Waals surface area contributed by atoms with E-state index >= 15 is 0 Å². The van der Waals surface area contributed by atoms with Crippen molar-refractivity contribution in [3.63, 3.8) is 0 Å². The normalized spacial score (nSPS) is 23.9. The predicted octanol–water partition coefficient (Wildman–Crippen LogP) is 1.26. The molecule has 2 aliphatic heterocycles. The lowest BCUT2D eigenvalue weighted by atomic mass is 10.1. The highest BCUT2D eigenvalue weighted by atomic mass is 19.1. The van der Waals surface area contributed by atoms with Gasteiger partial charge in [0.1, 0.15) is 11.6 Å². The van der Waals surface area contributed by atoms with E-state index in [0.29, 0.717) is 24.3 Å². The number of halogens is 1. The number of benzene rings is 1. The molecule has 0 aromatic heterocycles. The molecule has 0 saturated carbocycles. The minimum atomic E-state index is -0.390. The van der Waals surface area contributed by atoms with E-state index in [-0.39, 0.29) is 36.1 Å². The molecule has 0 aliphatic carbocycles. The van der Waals surface area contributed by atoms with E-state index in [9.17, 15) is 14.0 Å². The standard InChI is InChI=1S/C16H19FN2O3/c1-22-14-5-2-11(17)6-10(14)7-16(21)19-12-3-4-13(19)9-18-15(20)8-12/h2,5-6,12-13H,3-4,7-9H2,1H3,(H,18,20). The molecular formula is C16H19FN2O3. The summed E-state index contributed by atoms with van der Waals surface area (Å²) in [6.07, 6.45) is 2.19. The molecule has 0 spiro atoms. The number of nitrogens with zero attached hydrogens (tertiary/aromatic N) is 1. The first-order chi connectivity index (χ1) is 10.6. The highest BCUT2D eigenvalue weighted by Crippen LogP contribution is 2.30. The lowest BCUT2D eigenvalue weighted by molar-refractivity contribution is -0.133. The molecule has 0 radical (unpaired) electrons. The second-order valence-corrected chi connectivity index (χ2v) is 5.83. The topological polar surface area (TPSA) is 58.6 Å². The van der Waals surface area contributed by atoms with E-state index in [1.807, 2.05) is 4.90 Å². The number of rotatable bonds is 3. The van der Waals surface area contributed by atoms with Crippen LogP contribution in [0.25, 0.3) is 0 Å². The number of nitrogens with one attached hydrogen (secondary N) is 1. The van der Waals surface area contributed by atoms with Crippen LogP contribution in [0.15, 0.2) is 18.2 Å². The van der Waals surface area contributed by atoms with Crippen LogP contribution in [-0.2, 0) is 16.0 Å². The predicted molar refractivity (Wildman–Crippen MR) is 77.9 cm³/mol. The number of carbonyl (C=O) groups is 2. The molecule has 2 saturated heterocycles. The third-order valence-corrected chi connectivity index (χ3v) is 4.45. The Morgan fingerprint density at radius 1 is 1.41 bits per heavy atom. The summed E-state index contributed by atoms with van der Waals surface area (Å²) in [5.74, 6) is 0.0339. The minimum Gasteiger partial charge on any atom is -0.496 e. The summed E-state index contributed by atoms with van der Waals surface area (Å²) in [4.78, 5) is 26.1. The number of hydrogen-bond acceptors (Lipinski definition) is 3. The zero-order chi connectivity index (χ0) is 15.7. The second kappa shape index (κ2) is 5.94. The first-order valence-corrected chi connectivity index (χ1v) is 7.48. The molecule has 2 atom stereocenters. The van der Waals surface area contributed by atoms with Gasteiger partial charge in [0.25, 0.3) is 0 Å². The van der Waals surface area contributed by atoms with Gasteiger partial charge in [0.2, 0.25) is 11.8 Å². The van der Waals surface area contributed by atoms with Crippen molar-refractivity contribution in [3.05, 3.63) is 29.6 Å². The zero-order valence-electron chi connectivity index (χ0n) is 12.5. The van der Waals surface area contributed by atoms with Gasteiger partial charge in [-0.3, -0.25) is 9.59 Å². The smallest absolute Gasteiger partial charge is 0.227 e. The van der Waals surface area contributed by atoms with E-state index in [1.54, 1.807) is 0 Å². The molecule has 2 fully saturated rings. The molecule has 1 aromatic carbocycles. The molecule has 2 heterocycles. The Bertz CT molecular complexity index is 605. The number of ether oxygens (including phenoxy) is 1. The van der Waals surface area contributed by atoms with Crippen LogP contribution in [-0.4, -0.2) is 42.5 Å². The van der Waals surface area contributed by atoms with E-state index in [0.717, 1.165) is 12.8 Å². The Labute approximate surface area is 128 Å². The van der Waals surface area contributed by atoms with Crippen LogP contribution in [0.2, 0.25) is 0 Å². The van der Waals surface area contributed by atoms with Gasteiger partial charge in [0.15, 0.2) is 0 Å². The quantitative estimate of drug-likeness (QED) is 0.914. The average Bonchev–Trinajstić information content (AvgIpc) is 2.79. The maximum Gasteiger partial charge on any atom is 0.227 e. The van der Waals surface area contributed by atoms with Crippen molar-refractivity contribution < 1.29 is 18.7 Å². The van der Waals surface area contributed by atoms with Crippen molar-refractivity contribution in [1.82, 2.24) is 10.2 Å². The van der Waals surface area contributed by atoms with Crippen molar-refractivity contribution in [2.24, 2.45) is 0 Å². The van der Waals surface area contributed by atoms with Crippen molar-refractivity contribution in [2.75, 3.05) is 13.7 Å². The van der Waals surface area contributed by atoms with Gasteiger partial charge >= 0.3 is 0 Å². The van der Waals surface area contributed by atoms with Gasteiger partial charge in [-0.2, -0.15) is 0 Å². The Hall–Kier alpha value is -2.11. The number of amides is 2. The summed E-state index contributed by atoms with van der Waals surface area (Å²) in [5, 5.41) is 2.84. The average molecular weight is 306 g/mol. The van der Waals surface area contributed by atoms with Crippen LogP contribution < -0.4 is 10.1 Å². The molecule has 22 heavy (non-hydrogen) atoms. The SMILES string of the molecule is COc1ccc(F)cc1CC(=O)N1C2CCC1CC(=O)NC2. The molecule has 5 nitrogen and oxygen atoms in total. The number of hydrogen-bond donors (Lipinski definition) is 1. The lowest BCUT2D eigenvalue weighted by Crippen LogP contribution is -2.43. The van der Waals surface area contributed by atoms with Crippen molar-refractivity contribution in [3.8, 4) is 5.75 Å². The molecule has 118 valence electrons. The zero-order valence-corrected chi connectivity index (χ0v) is 12.5. The number of fused-ring (bicyclic) bond motifs is 2. The van der Waals surface area contributed by atoms with Gasteiger partial charge < -0.3 is 15.0 Å². The number of carbonyl (C=O) groups excluding carboxylic acids is 2. The molecule has 3 rings (SSSR count). The van der Waals surface area contributed by atoms with Crippen LogP contribution in [0.1, 0.15) is 24.8 Å². The lowest BCUT2D eigenvalue weighted by Gasteiger charge is -2.27. The fourth-order valence-corrected chi connectivity index (χ4v) is 3.43. The molecule has 1 N–H and O–H groups in total. The van der Waals surface area contributed by atoms with Crippen LogP contribution >= 0.6 is 0 Å². The Morgan fingerprint density at radius 2 is 2.18 bits per heavy atom. The largest absolute Gasteiger partial charge is 0.496 e. The van der Waals surface area contributed by atoms with E-state index in [1.165, 1.54) is 25.3 Å². The van der Waals surface area contributed by atoms with Crippen LogP contribution in [0.4, 0.5) is 4.39 Å². The van der Waals surface area contributed by atoms with Gasteiger partial charge in [-0.05, 0) is 31.0 Å². The first-order valence-electron chi connectivity index (χ1n) is 7.48. The fourth-order valence-electron chi connectivity index (χ4n) is 3.43. The van der Waals surface area contributed by atoms with Gasteiger partial charge in [0, 0.05) is 30.6 Å². The van der Waals surface area contributed by atoms with Crippen molar-refractivity contribution >= 4 is 11.8 Å². The van der Waals surface area contributed by atoms with Crippen molar-refractivity contribution in [2.45, 2.75) is 37.8 Å². The molecular weight excluding hydrogens is 287 g/mol. The van der Waals surface area contributed by atoms with Gasteiger partial charge in [-0.15, -0.1) is 0 Å². The highest BCUT2D eigenvalue weighted by Gasteiger charge is 2.40. The maximum absolute atomic E-state index is 13.4. The molecule has 2 amide bonds. The minimum absolute atomic E-state index is 0.00617. The molecule has 2 unspecified atom stereocenters. The second-order valence-electron chi connectivity index (χ2n) is 5.83. The Morgan fingerprint density at radius 3 is 2.95 bits per heavy atom. The molecule has 6 heteroatoms. The van der Waals surface area contributed by atoms with E-state index in [4.69, 9.17) is 4.74 Å². The van der Waals surface area contributed by atoms with Gasteiger partial charge in [-0.1, -0.05) is 0 Å². The summed E-state index contributed by atoms with van der Waals surface area (Å²) in [6.45, 7) is 0.501. The van der Waals surface area contributed by atoms with Crippen molar-refractivity contribution in [1.29, 1.82) is 0 Å². The number of methoxy groups -OCH3 is 1. The first kappa shape index (κ1) is 14.8. The Balaban J connectivity index is 1.80. The summed E-state index contributed by atoms with van der Waals surface area (Å²) in [6, 6.07) is 4.17. The highest BCUT2D eigenvalue weighted by molar-refractivity contribution is 5.83. The van der Waals surface area contributed by atoms with E-state index < -0.39 is 0 Å². The fraction of sp³-hybridized carbons (Fsp3) is 0.500.